The summed E-state index contributed by atoms with van der Waals surface area (Å²) in [6.07, 6.45) is 5.81. The monoisotopic (exact) mass is 665 g/mol. The standard InChI is InChI=1S/C34H51N9O5/c1-4-5-6-11-38-33-32-29(39-34(35)40-33)9-13-43(32)24-28-22-27(8-7-26(28)2)23-41-14-16-42(17-15-41)31(45)10-18-46-20-21-47-19-12-37-30(44)25-48-36-3/h7-9,13,22H,3-6,10-12,14-21,23-25H2,1-2H3,(H,37,44)(H3,35,38,39,40). The first kappa shape index (κ1) is 36.6. The molecule has 262 valence electrons. The molecule has 0 unspecified atom stereocenters. The van der Waals surface area contributed by atoms with Crippen LogP contribution in [0.3, 0.4) is 0 Å². The molecule has 48 heavy (non-hydrogen) atoms. The molecule has 1 aliphatic rings. The zero-order valence-corrected chi connectivity index (χ0v) is 28.4. The largest absolute Gasteiger partial charge is 0.386 e. The number of nitrogens with two attached hydrogens (primary N) is 1. The van der Waals surface area contributed by atoms with Crippen molar-refractivity contribution in [3.8, 4) is 0 Å². The highest BCUT2D eigenvalue weighted by Gasteiger charge is 2.21. The molecule has 0 radical (unpaired) electrons. The van der Waals surface area contributed by atoms with Gasteiger partial charge in [-0.05, 0) is 36.1 Å². The highest BCUT2D eigenvalue weighted by molar-refractivity contribution is 5.87. The SMILES string of the molecule is C=NOCC(=O)NCCOCCOCCC(=O)N1CCN(Cc2ccc(C)c(Cn3ccc4nc(N)nc(NCCCCC)c43)c2)CC1. The first-order chi connectivity index (χ1) is 23.4. The number of amides is 2. The van der Waals surface area contributed by atoms with E-state index in [1.165, 1.54) is 23.1 Å². The Morgan fingerprint density at radius 1 is 1.00 bits per heavy atom. The number of carbonyl (C=O) groups excluding carboxylic acids is 2. The van der Waals surface area contributed by atoms with Gasteiger partial charge in [-0.25, -0.2) is 4.98 Å². The number of hydrogen-bond acceptors (Lipinski definition) is 11. The number of ether oxygens (including phenoxy) is 2. The third kappa shape index (κ3) is 11.5. The van der Waals surface area contributed by atoms with Crippen molar-refractivity contribution < 1.29 is 23.9 Å². The first-order valence-corrected chi connectivity index (χ1v) is 16.8. The maximum atomic E-state index is 12.7. The number of nitrogens with zero attached hydrogens (tertiary/aromatic N) is 6. The lowest BCUT2D eigenvalue weighted by Gasteiger charge is -2.35. The molecular weight excluding hydrogens is 614 g/mol. The molecule has 1 saturated heterocycles. The minimum Gasteiger partial charge on any atom is -0.386 e. The topological polar surface area (TPSA) is 161 Å². The molecule has 4 N–H and O–H groups in total. The number of unbranched alkanes of at least 4 members (excludes halogenated alkanes) is 2. The maximum Gasteiger partial charge on any atom is 0.260 e. The Hall–Kier alpha value is -4.27. The van der Waals surface area contributed by atoms with Crippen molar-refractivity contribution in [3.63, 3.8) is 0 Å². The number of aryl methyl sites for hydroxylation is 1. The van der Waals surface area contributed by atoms with Gasteiger partial charge in [0.05, 0.1) is 38.4 Å². The van der Waals surface area contributed by atoms with Gasteiger partial charge in [0, 0.05) is 65.3 Å². The Bertz CT molecular complexity index is 1470. The molecule has 2 amide bonds. The van der Waals surface area contributed by atoms with Crippen LogP contribution in [0.4, 0.5) is 11.8 Å². The van der Waals surface area contributed by atoms with Gasteiger partial charge < -0.3 is 40.1 Å². The Morgan fingerprint density at radius 2 is 1.79 bits per heavy atom. The molecule has 0 spiro atoms. The van der Waals surface area contributed by atoms with Crippen molar-refractivity contribution in [2.45, 2.75) is 52.6 Å². The number of nitrogens with one attached hydrogen (secondary N) is 2. The van der Waals surface area contributed by atoms with Crippen molar-refractivity contribution in [1.29, 1.82) is 0 Å². The fourth-order valence-corrected chi connectivity index (χ4v) is 5.61. The summed E-state index contributed by atoms with van der Waals surface area (Å²) in [6, 6.07) is 8.68. The summed E-state index contributed by atoms with van der Waals surface area (Å²) in [5, 5.41) is 9.28. The first-order valence-electron chi connectivity index (χ1n) is 16.8. The third-order valence-corrected chi connectivity index (χ3v) is 8.27. The number of fused-ring (bicyclic) bond motifs is 1. The molecule has 0 atom stereocenters. The molecule has 14 nitrogen and oxygen atoms in total. The van der Waals surface area contributed by atoms with Gasteiger partial charge in [0.1, 0.15) is 5.52 Å². The number of oxime groups is 1. The van der Waals surface area contributed by atoms with E-state index in [4.69, 9.17) is 15.2 Å². The average Bonchev–Trinajstić information content (AvgIpc) is 3.48. The summed E-state index contributed by atoms with van der Waals surface area (Å²) in [6.45, 7) is 14.6. The predicted octanol–water partition coefficient (Wildman–Crippen LogP) is 2.79. The van der Waals surface area contributed by atoms with Gasteiger partial charge in [-0.15, -0.1) is 5.16 Å². The van der Waals surface area contributed by atoms with E-state index in [0.29, 0.717) is 59.0 Å². The van der Waals surface area contributed by atoms with Crippen LogP contribution in [0, 0.1) is 6.92 Å². The third-order valence-electron chi connectivity index (χ3n) is 8.27. The minimum atomic E-state index is -0.286. The summed E-state index contributed by atoms with van der Waals surface area (Å²) >= 11 is 0. The number of aromatic nitrogens is 3. The highest BCUT2D eigenvalue weighted by atomic mass is 16.6. The van der Waals surface area contributed by atoms with E-state index in [1.54, 1.807) is 0 Å². The van der Waals surface area contributed by atoms with Gasteiger partial charge in [0.15, 0.2) is 12.4 Å². The van der Waals surface area contributed by atoms with Crippen molar-refractivity contribution >= 4 is 41.3 Å². The molecular formula is C34H51N9O5. The van der Waals surface area contributed by atoms with Gasteiger partial charge in [0.2, 0.25) is 11.9 Å². The van der Waals surface area contributed by atoms with Crippen molar-refractivity contribution in [2.75, 3.05) is 83.4 Å². The van der Waals surface area contributed by atoms with E-state index in [9.17, 15) is 9.59 Å². The van der Waals surface area contributed by atoms with Crippen LogP contribution in [0.2, 0.25) is 0 Å². The van der Waals surface area contributed by atoms with E-state index in [0.717, 1.165) is 55.9 Å². The fourth-order valence-electron chi connectivity index (χ4n) is 5.61. The lowest BCUT2D eigenvalue weighted by atomic mass is 10.0. The zero-order valence-electron chi connectivity index (χ0n) is 28.4. The van der Waals surface area contributed by atoms with Gasteiger partial charge >= 0.3 is 0 Å². The van der Waals surface area contributed by atoms with Gasteiger partial charge in [-0.1, -0.05) is 38.0 Å². The average molecular weight is 666 g/mol. The van der Waals surface area contributed by atoms with Crippen LogP contribution in [-0.2, 0) is 37.0 Å². The van der Waals surface area contributed by atoms with Gasteiger partial charge in [-0.3, -0.25) is 14.5 Å². The number of hydrogen-bond donors (Lipinski definition) is 3. The van der Waals surface area contributed by atoms with Crippen LogP contribution in [0.25, 0.3) is 11.0 Å². The lowest BCUT2D eigenvalue weighted by Crippen LogP contribution is -2.48. The van der Waals surface area contributed by atoms with Crippen LogP contribution in [0.15, 0.2) is 35.6 Å². The normalized spacial score (nSPS) is 13.5. The molecule has 1 aromatic carbocycles. The summed E-state index contributed by atoms with van der Waals surface area (Å²) in [7, 11) is 0. The summed E-state index contributed by atoms with van der Waals surface area (Å²) in [5.74, 6) is 0.880. The Balaban J connectivity index is 1.18. The quantitative estimate of drug-likeness (QED) is 0.0877. The van der Waals surface area contributed by atoms with Crippen LogP contribution >= 0.6 is 0 Å². The summed E-state index contributed by atoms with van der Waals surface area (Å²) in [4.78, 5) is 42.0. The van der Waals surface area contributed by atoms with Crippen LogP contribution in [0.1, 0.15) is 49.3 Å². The number of benzene rings is 1. The van der Waals surface area contributed by atoms with E-state index < -0.39 is 0 Å². The molecule has 14 heteroatoms. The second-order valence-corrected chi connectivity index (χ2v) is 11.9. The second-order valence-electron chi connectivity index (χ2n) is 11.9. The fraction of sp³-hybridized carbons (Fsp3) is 0.559. The molecule has 1 fully saturated rings. The van der Waals surface area contributed by atoms with Crippen molar-refractivity contribution in [2.24, 2.45) is 5.16 Å². The van der Waals surface area contributed by atoms with E-state index in [1.807, 2.05) is 11.0 Å². The highest BCUT2D eigenvalue weighted by Crippen LogP contribution is 2.25. The van der Waals surface area contributed by atoms with Gasteiger partial charge in [-0.2, -0.15) is 4.98 Å². The number of piperazine rings is 1. The van der Waals surface area contributed by atoms with Crippen LogP contribution < -0.4 is 16.4 Å². The van der Waals surface area contributed by atoms with E-state index in [-0.39, 0.29) is 24.4 Å². The van der Waals surface area contributed by atoms with Gasteiger partial charge in [0.25, 0.3) is 5.91 Å². The summed E-state index contributed by atoms with van der Waals surface area (Å²) in [5.41, 5.74) is 11.6. The molecule has 4 rings (SSSR count). The van der Waals surface area contributed by atoms with E-state index in [2.05, 4.69) is 85.0 Å². The second kappa shape index (κ2) is 19.5. The Morgan fingerprint density at radius 3 is 2.56 bits per heavy atom. The smallest absolute Gasteiger partial charge is 0.260 e. The molecule has 1 aliphatic heterocycles. The number of rotatable bonds is 21. The predicted molar refractivity (Wildman–Crippen MR) is 187 cm³/mol. The molecule has 3 aromatic rings. The number of anilines is 2. The molecule has 0 bridgehead atoms. The van der Waals surface area contributed by atoms with Crippen LogP contribution in [0.5, 0.6) is 0 Å². The molecule has 3 heterocycles. The molecule has 0 saturated carbocycles. The van der Waals surface area contributed by atoms with Crippen LogP contribution in [-0.4, -0.2) is 115 Å². The minimum absolute atomic E-state index is 0.107. The maximum absolute atomic E-state index is 12.7. The summed E-state index contributed by atoms with van der Waals surface area (Å²) < 4.78 is 13.2. The van der Waals surface area contributed by atoms with Crippen molar-refractivity contribution in [3.05, 3.63) is 47.2 Å². The molecule has 0 aliphatic carbocycles. The van der Waals surface area contributed by atoms with Crippen molar-refractivity contribution in [1.82, 2.24) is 29.7 Å². The number of nitrogen functional groups attached to an aromatic ring is 1. The zero-order chi connectivity index (χ0) is 34.1. The Kier molecular flexibility index (Phi) is 14.9. The van der Waals surface area contributed by atoms with E-state index >= 15 is 0 Å². The molecule has 2 aromatic heterocycles. The lowest BCUT2D eigenvalue weighted by molar-refractivity contribution is -0.134. The Labute approximate surface area is 283 Å². The number of carbonyl (C=O) groups is 2.